The predicted molar refractivity (Wildman–Crippen MR) is 69.2 cm³/mol. The molecular formula is C12H17N3S. The van der Waals surface area contributed by atoms with E-state index in [1.54, 1.807) is 0 Å². The summed E-state index contributed by atoms with van der Waals surface area (Å²) in [6, 6.07) is 10.3. The van der Waals surface area contributed by atoms with E-state index < -0.39 is 10.0 Å². The number of benzene rings is 1. The molecule has 1 aromatic carbocycles. The van der Waals surface area contributed by atoms with Crippen molar-refractivity contribution in [3.63, 3.8) is 0 Å². The van der Waals surface area contributed by atoms with Crippen LogP contribution in [0.4, 0.5) is 0 Å². The molecule has 2 aromatic rings. The zero-order valence-electron chi connectivity index (χ0n) is 9.92. The molecule has 4 heteroatoms. The Bertz CT molecular complexity index is 457. The first-order chi connectivity index (χ1) is 7.55. The molecule has 16 heavy (non-hydrogen) atoms. The monoisotopic (exact) mass is 235 g/mol. The van der Waals surface area contributed by atoms with Gasteiger partial charge in [-0.1, -0.05) is 35.5 Å². The molecule has 0 N–H and O–H groups in total. The summed E-state index contributed by atoms with van der Waals surface area (Å²) in [4.78, 5) is 0. The zero-order chi connectivity index (χ0) is 11.6. The number of nitrogens with zero attached hydrogens (tertiary/aromatic N) is 3. The van der Waals surface area contributed by atoms with E-state index in [9.17, 15) is 0 Å². The van der Waals surface area contributed by atoms with Crippen LogP contribution in [-0.2, 0) is 6.54 Å². The van der Waals surface area contributed by atoms with Gasteiger partial charge in [0.1, 0.15) is 5.03 Å². The topological polar surface area (TPSA) is 30.7 Å². The van der Waals surface area contributed by atoms with Crippen LogP contribution >= 0.6 is 10.0 Å². The second-order valence-corrected chi connectivity index (χ2v) is 8.67. The highest BCUT2D eigenvalue weighted by Crippen LogP contribution is 2.43. The van der Waals surface area contributed by atoms with Gasteiger partial charge < -0.3 is 0 Å². The maximum atomic E-state index is 4.23. The van der Waals surface area contributed by atoms with E-state index in [0.717, 1.165) is 11.6 Å². The van der Waals surface area contributed by atoms with Gasteiger partial charge in [0, 0.05) is 0 Å². The summed E-state index contributed by atoms with van der Waals surface area (Å²) < 4.78 is 1.91. The van der Waals surface area contributed by atoms with Crippen LogP contribution in [0.25, 0.3) is 0 Å². The van der Waals surface area contributed by atoms with Gasteiger partial charge in [0.05, 0.1) is 12.7 Å². The van der Waals surface area contributed by atoms with Crippen molar-refractivity contribution in [3.8, 4) is 0 Å². The third-order valence-corrected chi connectivity index (χ3v) is 3.77. The summed E-state index contributed by atoms with van der Waals surface area (Å²) in [5.74, 6) is 0. The molecule has 0 saturated carbocycles. The van der Waals surface area contributed by atoms with Crippen LogP contribution in [0, 0.1) is 0 Å². The fourth-order valence-corrected chi connectivity index (χ4v) is 2.13. The molecule has 0 bridgehead atoms. The van der Waals surface area contributed by atoms with Crippen LogP contribution in [0.5, 0.6) is 0 Å². The molecule has 1 heterocycles. The van der Waals surface area contributed by atoms with Gasteiger partial charge in [0.15, 0.2) is 0 Å². The van der Waals surface area contributed by atoms with Gasteiger partial charge in [0.2, 0.25) is 0 Å². The fraction of sp³-hybridized carbons (Fsp3) is 0.333. The first-order valence-corrected chi connectivity index (χ1v) is 8.04. The van der Waals surface area contributed by atoms with E-state index in [2.05, 4.69) is 47.4 Å². The van der Waals surface area contributed by atoms with Crippen LogP contribution in [0.3, 0.4) is 0 Å². The molecule has 3 nitrogen and oxygen atoms in total. The summed E-state index contributed by atoms with van der Waals surface area (Å²) in [6.45, 7) is 0.795. The molecular weight excluding hydrogens is 218 g/mol. The first kappa shape index (κ1) is 11.2. The Kier molecular flexibility index (Phi) is 3.01. The van der Waals surface area contributed by atoms with Gasteiger partial charge in [-0.05, 0) is 24.3 Å². The van der Waals surface area contributed by atoms with E-state index in [4.69, 9.17) is 0 Å². The van der Waals surface area contributed by atoms with Crippen LogP contribution < -0.4 is 0 Å². The predicted octanol–water partition coefficient (Wildman–Crippen LogP) is 2.38. The summed E-state index contributed by atoms with van der Waals surface area (Å²) in [7, 11) is -0.769. The molecule has 0 aliphatic heterocycles. The minimum Gasteiger partial charge on any atom is -0.247 e. The highest BCUT2D eigenvalue weighted by molar-refractivity contribution is 8.32. The lowest BCUT2D eigenvalue weighted by Crippen LogP contribution is -1.99. The molecule has 0 saturated heterocycles. The van der Waals surface area contributed by atoms with Crippen LogP contribution in [0.1, 0.15) is 5.56 Å². The summed E-state index contributed by atoms with van der Waals surface area (Å²) in [5, 5.41) is 9.51. The van der Waals surface area contributed by atoms with Gasteiger partial charge >= 0.3 is 0 Å². The van der Waals surface area contributed by atoms with Crippen molar-refractivity contribution in [2.75, 3.05) is 18.8 Å². The van der Waals surface area contributed by atoms with Gasteiger partial charge in [0.25, 0.3) is 0 Å². The Hall–Kier alpha value is -1.29. The van der Waals surface area contributed by atoms with Crippen LogP contribution in [-0.4, -0.2) is 33.8 Å². The molecule has 2 rings (SSSR count). The van der Waals surface area contributed by atoms with Gasteiger partial charge in [-0.3, -0.25) is 0 Å². The fourth-order valence-electron chi connectivity index (χ4n) is 1.41. The third-order valence-electron chi connectivity index (χ3n) is 2.33. The summed E-state index contributed by atoms with van der Waals surface area (Å²) in [5.41, 5.74) is 1.25. The normalized spacial score (nSPS) is 12.7. The molecule has 0 amide bonds. The molecule has 0 fully saturated rings. The quantitative estimate of drug-likeness (QED) is 0.817. The SMILES string of the molecule is CS(C)(C)c1cn(Cc2ccccc2)nn1. The van der Waals surface area contributed by atoms with E-state index in [1.807, 2.05) is 22.9 Å². The maximum Gasteiger partial charge on any atom is 0.121 e. The molecule has 1 aromatic heterocycles. The van der Waals surface area contributed by atoms with Crippen molar-refractivity contribution in [1.82, 2.24) is 15.0 Å². The van der Waals surface area contributed by atoms with Crippen molar-refractivity contribution < 1.29 is 0 Å². The van der Waals surface area contributed by atoms with Gasteiger partial charge in [-0.15, -0.1) is 5.10 Å². The lowest BCUT2D eigenvalue weighted by molar-refractivity contribution is 0.649. The molecule has 0 atom stereocenters. The Morgan fingerprint density at radius 3 is 2.38 bits per heavy atom. The lowest BCUT2D eigenvalue weighted by Gasteiger charge is -2.20. The summed E-state index contributed by atoms with van der Waals surface area (Å²) >= 11 is 0. The molecule has 0 aliphatic rings. The second kappa shape index (κ2) is 4.29. The average molecular weight is 235 g/mol. The Balaban J connectivity index is 2.15. The minimum absolute atomic E-state index is 0.769. The summed E-state index contributed by atoms with van der Waals surface area (Å²) in [6.07, 6.45) is 8.74. The van der Waals surface area contributed by atoms with Crippen molar-refractivity contribution in [2.45, 2.75) is 11.6 Å². The second-order valence-electron chi connectivity index (χ2n) is 4.58. The lowest BCUT2D eigenvalue weighted by atomic mass is 10.2. The standard InChI is InChI=1S/C12H17N3S/c1-16(2,3)12-10-15(14-13-12)9-11-7-5-4-6-8-11/h4-8,10H,9H2,1-3H3. The van der Waals surface area contributed by atoms with Crippen molar-refractivity contribution >= 4 is 10.0 Å². The van der Waals surface area contributed by atoms with Crippen LogP contribution in [0.15, 0.2) is 41.6 Å². The van der Waals surface area contributed by atoms with Gasteiger partial charge in [-0.2, -0.15) is 0 Å². The molecule has 0 aliphatic carbocycles. The van der Waals surface area contributed by atoms with E-state index in [-0.39, 0.29) is 0 Å². The zero-order valence-corrected chi connectivity index (χ0v) is 10.7. The first-order valence-electron chi connectivity index (χ1n) is 5.18. The smallest absolute Gasteiger partial charge is 0.121 e. The molecule has 0 unspecified atom stereocenters. The largest absolute Gasteiger partial charge is 0.247 e. The molecule has 0 spiro atoms. The maximum absolute atomic E-state index is 4.23. The number of hydrogen-bond donors (Lipinski definition) is 0. The van der Waals surface area contributed by atoms with Crippen molar-refractivity contribution in [3.05, 3.63) is 42.1 Å². The highest BCUT2D eigenvalue weighted by Gasteiger charge is 2.12. The Morgan fingerprint density at radius 2 is 1.81 bits per heavy atom. The third kappa shape index (κ3) is 2.64. The van der Waals surface area contributed by atoms with Crippen molar-refractivity contribution in [2.24, 2.45) is 0 Å². The Labute approximate surface area is 97.8 Å². The Morgan fingerprint density at radius 1 is 1.12 bits per heavy atom. The highest BCUT2D eigenvalue weighted by atomic mass is 32.3. The van der Waals surface area contributed by atoms with Crippen LogP contribution in [0.2, 0.25) is 0 Å². The minimum atomic E-state index is -0.769. The van der Waals surface area contributed by atoms with Gasteiger partial charge in [-0.25, -0.2) is 14.7 Å². The van der Waals surface area contributed by atoms with E-state index >= 15 is 0 Å². The van der Waals surface area contributed by atoms with E-state index in [1.165, 1.54) is 5.56 Å². The number of rotatable bonds is 3. The van der Waals surface area contributed by atoms with E-state index in [0.29, 0.717) is 0 Å². The number of hydrogen-bond acceptors (Lipinski definition) is 2. The molecule has 0 radical (unpaired) electrons. The average Bonchev–Trinajstić information content (AvgIpc) is 2.67. The number of aromatic nitrogens is 3. The molecule has 86 valence electrons. The van der Waals surface area contributed by atoms with Crippen molar-refractivity contribution in [1.29, 1.82) is 0 Å².